The fraction of sp³-hybridized carbons (Fsp3) is 0.0417. The van der Waals surface area contributed by atoms with E-state index in [2.05, 4.69) is 30.3 Å². The molecule has 0 atom stereocenters. The fourth-order valence-corrected chi connectivity index (χ4v) is 3.44. The Morgan fingerprint density at radius 3 is 2.04 bits per heavy atom. The third-order valence-corrected chi connectivity index (χ3v) is 4.65. The molecule has 4 aromatic rings. The average Bonchev–Trinajstić information content (AvgIpc) is 2.68. The number of carboxylic acid groups (broad SMARTS) is 1. The first kappa shape index (κ1) is 16.1. The van der Waals surface area contributed by atoms with Crippen molar-refractivity contribution >= 4 is 16.7 Å². The van der Waals surface area contributed by atoms with Crippen molar-refractivity contribution in [3.8, 4) is 22.3 Å². The summed E-state index contributed by atoms with van der Waals surface area (Å²) in [5.74, 6) is -0.824. The minimum Gasteiger partial charge on any atom is -0.481 e. The van der Waals surface area contributed by atoms with Crippen LogP contribution < -0.4 is 0 Å². The highest BCUT2D eigenvalue weighted by Crippen LogP contribution is 2.34. The van der Waals surface area contributed by atoms with Crippen LogP contribution in [-0.2, 0) is 11.2 Å². The van der Waals surface area contributed by atoms with Crippen molar-refractivity contribution in [2.24, 2.45) is 0 Å². The van der Waals surface area contributed by atoms with E-state index in [1.807, 2.05) is 60.7 Å². The number of carboxylic acids is 1. The minimum atomic E-state index is -0.824. The Morgan fingerprint density at radius 1 is 0.654 bits per heavy atom. The molecule has 4 aromatic carbocycles. The molecule has 4 rings (SSSR count). The van der Waals surface area contributed by atoms with Gasteiger partial charge in [-0.15, -0.1) is 0 Å². The van der Waals surface area contributed by atoms with Gasteiger partial charge in [-0.3, -0.25) is 4.79 Å². The van der Waals surface area contributed by atoms with E-state index in [0.29, 0.717) is 0 Å². The molecule has 0 spiro atoms. The highest BCUT2D eigenvalue weighted by molar-refractivity contribution is 5.90. The molecular formula is C24H18O2. The van der Waals surface area contributed by atoms with Gasteiger partial charge in [-0.1, -0.05) is 84.9 Å². The van der Waals surface area contributed by atoms with Crippen molar-refractivity contribution in [1.82, 2.24) is 0 Å². The van der Waals surface area contributed by atoms with Gasteiger partial charge in [0.1, 0.15) is 0 Å². The molecule has 0 fully saturated rings. The first-order chi connectivity index (χ1) is 12.7. The zero-order chi connectivity index (χ0) is 17.9. The Labute approximate surface area is 152 Å². The summed E-state index contributed by atoms with van der Waals surface area (Å²) in [5, 5.41) is 11.8. The largest absolute Gasteiger partial charge is 0.481 e. The molecule has 0 aliphatic heterocycles. The number of fused-ring (bicyclic) bond motifs is 1. The standard InChI is InChI=1S/C24H18O2/c25-24(26)16-23-21(18-8-2-1-3-9-18)11-6-12-22(23)20-14-13-17-7-4-5-10-19(17)15-20/h1-15H,16H2,(H,25,26). The number of hydrogen-bond acceptors (Lipinski definition) is 1. The maximum atomic E-state index is 11.5. The SMILES string of the molecule is O=C(O)Cc1c(-c2ccccc2)cccc1-c1ccc2ccccc2c1. The van der Waals surface area contributed by atoms with Gasteiger partial charge in [0, 0.05) is 0 Å². The van der Waals surface area contributed by atoms with Crippen molar-refractivity contribution < 1.29 is 9.90 Å². The monoisotopic (exact) mass is 338 g/mol. The van der Waals surface area contributed by atoms with Gasteiger partial charge in [-0.25, -0.2) is 0 Å². The normalized spacial score (nSPS) is 10.8. The van der Waals surface area contributed by atoms with Crippen LogP contribution in [0.5, 0.6) is 0 Å². The predicted octanol–water partition coefficient (Wildman–Crippen LogP) is 5.80. The van der Waals surface area contributed by atoms with Crippen LogP contribution in [0.25, 0.3) is 33.0 Å². The zero-order valence-corrected chi connectivity index (χ0v) is 14.2. The summed E-state index contributed by atoms with van der Waals surface area (Å²) in [6.07, 6.45) is -0.00672. The van der Waals surface area contributed by atoms with E-state index in [4.69, 9.17) is 0 Å². The maximum absolute atomic E-state index is 11.5. The summed E-state index contributed by atoms with van der Waals surface area (Å²) in [5.41, 5.74) is 4.86. The van der Waals surface area contributed by atoms with Crippen LogP contribution in [0, 0.1) is 0 Å². The van der Waals surface area contributed by atoms with Crippen molar-refractivity contribution in [1.29, 1.82) is 0 Å². The van der Waals surface area contributed by atoms with Gasteiger partial charge in [0.05, 0.1) is 6.42 Å². The van der Waals surface area contributed by atoms with Crippen LogP contribution in [0.4, 0.5) is 0 Å². The van der Waals surface area contributed by atoms with Crippen LogP contribution in [0.1, 0.15) is 5.56 Å². The van der Waals surface area contributed by atoms with Gasteiger partial charge in [-0.2, -0.15) is 0 Å². The minimum absolute atomic E-state index is 0.00672. The van der Waals surface area contributed by atoms with Crippen LogP contribution in [-0.4, -0.2) is 11.1 Å². The van der Waals surface area contributed by atoms with Crippen molar-refractivity contribution in [2.45, 2.75) is 6.42 Å². The Morgan fingerprint density at radius 2 is 1.31 bits per heavy atom. The number of aliphatic carboxylic acids is 1. The van der Waals surface area contributed by atoms with E-state index in [9.17, 15) is 9.90 Å². The summed E-state index contributed by atoms with van der Waals surface area (Å²) in [6.45, 7) is 0. The summed E-state index contributed by atoms with van der Waals surface area (Å²) < 4.78 is 0. The number of rotatable bonds is 4. The lowest BCUT2D eigenvalue weighted by molar-refractivity contribution is -0.136. The van der Waals surface area contributed by atoms with Crippen molar-refractivity contribution in [2.75, 3.05) is 0 Å². The van der Waals surface area contributed by atoms with Gasteiger partial charge in [-0.05, 0) is 44.7 Å². The second-order valence-corrected chi connectivity index (χ2v) is 6.33. The van der Waals surface area contributed by atoms with E-state index in [1.54, 1.807) is 0 Å². The molecule has 0 aliphatic rings. The molecule has 0 bridgehead atoms. The molecule has 0 aliphatic carbocycles. The molecule has 0 saturated carbocycles. The topological polar surface area (TPSA) is 37.3 Å². The lowest BCUT2D eigenvalue weighted by atomic mass is 9.89. The van der Waals surface area contributed by atoms with E-state index in [-0.39, 0.29) is 6.42 Å². The van der Waals surface area contributed by atoms with Crippen LogP contribution in [0.3, 0.4) is 0 Å². The Kier molecular flexibility index (Phi) is 4.24. The van der Waals surface area contributed by atoms with Gasteiger partial charge in [0.15, 0.2) is 0 Å². The van der Waals surface area contributed by atoms with Gasteiger partial charge in [0.2, 0.25) is 0 Å². The molecule has 0 amide bonds. The molecule has 2 nitrogen and oxygen atoms in total. The smallest absolute Gasteiger partial charge is 0.307 e. The lowest BCUT2D eigenvalue weighted by Crippen LogP contribution is -2.04. The van der Waals surface area contributed by atoms with Crippen molar-refractivity contribution in [3.05, 3.63) is 96.6 Å². The van der Waals surface area contributed by atoms with E-state index >= 15 is 0 Å². The Hall–Kier alpha value is -3.39. The molecule has 0 unspecified atom stereocenters. The summed E-state index contributed by atoms with van der Waals surface area (Å²) in [4.78, 5) is 11.5. The quantitative estimate of drug-likeness (QED) is 0.510. The molecular weight excluding hydrogens is 320 g/mol. The first-order valence-electron chi connectivity index (χ1n) is 8.60. The fourth-order valence-electron chi connectivity index (χ4n) is 3.44. The Bertz CT molecular complexity index is 1080. The van der Waals surface area contributed by atoms with Gasteiger partial charge in [0.25, 0.3) is 0 Å². The number of hydrogen-bond donors (Lipinski definition) is 1. The number of benzene rings is 4. The van der Waals surface area contributed by atoms with Crippen molar-refractivity contribution in [3.63, 3.8) is 0 Å². The predicted molar refractivity (Wildman–Crippen MR) is 106 cm³/mol. The molecule has 0 heterocycles. The zero-order valence-electron chi connectivity index (χ0n) is 14.2. The summed E-state index contributed by atoms with van der Waals surface area (Å²) >= 11 is 0. The van der Waals surface area contributed by atoms with E-state index < -0.39 is 5.97 Å². The number of carbonyl (C=O) groups is 1. The second-order valence-electron chi connectivity index (χ2n) is 6.33. The maximum Gasteiger partial charge on any atom is 0.307 e. The molecule has 126 valence electrons. The van der Waals surface area contributed by atoms with Gasteiger partial charge >= 0.3 is 5.97 Å². The molecule has 2 heteroatoms. The summed E-state index contributed by atoms with van der Waals surface area (Å²) in [6, 6.07) is 30.4. The summed E-state index contributed by atoms with van der Waals surface area (Å²) in [7, 11) is 0. The molecule has 26 heavy (non-hydrogen) atoms. The molecule has 0 saturated heterocycles. The van der Waals surface area contributed by atoms with Crippen LogP contribution in [0.15, 0.2) is 91.0 Å². The highest BCUT2D eigenvalue weighted by atomic mass is 16.4. The molecule has 1 N–H and O–H groups in total. The van der Waals surface area contributed by atoms with Crippen LogP contribution >= 0.6 is 0 Å². The third kappa shape index (κ3) is 3.09. The Balaban J connectivity index is 1.93. The van der Waals surface area contributed by atoms with Crippen LogP contribution in [0.2, 0.25) is 0 Å². The third-order valence-electron chi connectivity index (χ3n) is 4.65. The average molecular weight is 338 g/mol. The molecule has 0 aromatic heterocycles. The van der Waals surface area contributed by atoms with E-state index in [1.165, 1.54) is 5.39 Å². The van der Waals surface area contributed by atoms with E-state index in [0.717, 1.165) is 33.2 Å². The van der Waals surface area contributed by atoms with Gasteiger partial charge < -0.3 is 5.11 Å². The lowest BCUT2D eigenvalue weighted by Gasteiger charge is -2.15. The second kappa shape index (κ2) is 6.85. The molecule has 0 radical (unpaired) electrons. The highest BCUT2D eigenvalue weighted by Gasteiger charge is 2.15. The first-order valence-corrected chi connectivity index (χ1v) is 8.60.